The van der Waals surface area contributed by atoms with E-state index in [1.54, 1.807) is 7.11 Å². The third-order valence-corrected chi connectivity index (χ3v) is 2.87. The Labute approximate surface area is 95.6 Å². The second kappa shape index (κ2) is 4.65. The van der Waals surface area contributed by atoms with Crippen LogP contribution in [0.15, 0.2) is 6.07 Å². The van der Waals surface area contributed by atoms with Crippen molar-refractivity contribution in [2.45, 2.75) is 13.3 Å². The van der Waals surface area contributed by atoms with Gasteiger partial charge in [0.25, 0.3) is 0 Å². The zero-order chi connectivity index (χ0) is 11.5. The number of rotatable bonds is 3. The molecule has 0 bridgehead atoms. The predicted octanol–water partition coefficient (Wildman–Crippen LogP) is 0.840. The van der Waals surface area contributed by atoms with Crippen LogP contribution in [-0.2, 0) is 4.74 Å². The van der Waals surface area contributed by atoms with Crippen molar-refractivity contribution in [3.63, 3.8) is 0 Å². The quantitative estimate of drug-likeness (QED) is 0.821. The average Bonchev–Trinajstić information content (AvgIpc) is 2.65. The maximum absolute atomic E-state index is 5.65. The Bertz CT molecular complexity index is 349. The van der Waals surface area contributed by atoms with Crippen LogP contribution in [0.1, 0.15) is 12.1 Å². The Morgan fingerprint density at radius 3 is 3.06 bits per heavy atom. The van der Waals surface area contributed by atoms with Crippen molar-refractivity contribution in [2.75, 3.05) is 37.4 Å². The molecule has 0 amide bonds. The summed E-state index contributed by atoms with van der Waals surface area (Å²) in [5.74, 6) is 1.88. The maximum atomic E-state index is 5.65. The monoisotopic (exact) mass is 222 g/mol. The molecule has 1 aliphatic rings. The number of aromatic nitrogens is 2. The molecule has 0 aliphatic carbocycles. The fraction of sp³-hybridized carbons (Fsp3) is 0.636. The molecule has 5 nitrogen and oxygen atoms in total. The summed E-state index contributed by atoms with van der Waals surface area (Å²) in [7, 11) is 1.75. The number of hydrogen-bond donors (Lipinski definition) is 1. The Morgan fingerprint density at radius 1 is 1.56 bits per heavy atom. The lowest BCUT2D eigenvalue weighted by atomic mass is 10.1. The molecule has 16 heavy (non-hydrogen) atoms. The molecule has 1 aromatic rings. The largest absolute Gasteiger partial charge is 0.384 e. The van der Waals surface area contributed by atoms with E-state index in [9.17, 15) is 0 Å². The van der Waals surface area contributed by atoms with Gasteiger partial charge in [-0.05, 0) is 13.3 Å². The van der Waals surface area contributed by atoms with E-state index in [4.69, 9.17) is 10.5 Å². The van der Waals surface area contributed by atoms with Crippen LogP contribution in [-0.4, -0.2) is 36.8 Å². The molecule has 1 aliphatic heterocycles. The normalized spacial score (nSPS) is 20.4. The van der Waals surface area contributed by atoms with Gasteiger partial charge in [-0.2, -0.15) is 4.98 Å². The van der Waals surface area contributed by atoms with E-state index < -0.39 is 0 Å². The van der Waals surface area contributed by atoms with Crippen LogP contribution in [0.2, 0.25) is 0 Å². The minimum atomic E-state index is 0.352. The van der Waals surface area contributed by atoms with E-state index >= 15 is 0 Å². The first-order chi connectivity index (χ1) is 7.69. The van der Waals surface area contributed by atoms with Crippen molar-refractivity contribution < 1.29 is 4.74 Å². The molecule has 0 spiro atoms. The first kappa shape index (κ1) is 11.1. The molecule has 2 rings (SSSR count). The third-order valence-electron chi connectivity index (χ3n) is 2.87. The van der Waals surface area contributed by atoms with Gasteiger partial charge in [0.05, 0.1) is 6.61 Å². The predicted molar refractivity (Wildman–Crippen MR) is 63.4 cm³/mol. The molecule has 1 unspecified atom stereocenters. The van der Waals surface area contributed by atoms with Gasteiger partial charge in [0, 0.05) is 37.9 Å². The number of methoxy groups -OCH3 is 1. The molecule has 1 saturated heterocycles. The topological polar surface area (TPSA) is 64.3 Å². The van der Waals surface area contributed by atoms with Crippen LogP contribution in [0.25, 0.3) is 0 Å². The van der Waals surface area contributed by atoms with Crippen LogP contribution in [0.4, 0.5) is 11.8 Å². The van der Waals surface area contributed by atoms with Gasteiger partial charge in [-0.1, -0.05) is 0 Å². The zero-order valence-corrected chi connectivity index (χ0v) is 9.81. The van der Waals surface area contributed by atoms with Crippen LogP contribution in [0.5, 0.6) is 0 Å². The number of nitrogen functional groups attached to an aromatic ring is 1. The summed E-state index contributed by atoms with van der Waals surface area (Å²) < 4.78 is 5.17. The van der Waals surface area contributed by atoms with Crippen molar-refractivity contribution in [1.82, 2.24) is 9.97 Å². The first-order valence-corrected chi connectivity index (χ1v) is 5.54. The van der Waals surface area contributed by atoms with E-state index in [1.807, 2.05) is 13.0 Å². The molecule has 0 saturated carbocycles. The standard InChI is InChI=1S/C11H18N4O/c1-8-5-10(14-11(12)13-8)15-4-3-9(6-15)7-16-2/h5,9H,3-4,6-7H2,1-2H3,(H2,12,13,14). The summed E-state index contributed by atoms with van der Waals surface area (Å²) in [6.45, 7) is 4.76. The fourth-order valence-corrected chi connectivity index (χ4v) is 2.15. The fourth-order valence-electron chi connectivity index (χ4n) is 2.15. The van der Waals surface area contributed by atoms with Gasteiger partial charge in [0.2, 0.25) is 5.95 Å². The second-order valence-electron chi connectivity index (χ2n) is 4.28. The van der Waals surface area contributed by atoms with Crippen molar-refractivity contribution in [3.8, 4) is 0 Å². The molecular formula is C11H18N4O. The molecule has 2 heterocycles. The zero-order valence-electron chi connectivity index (χ0n) is 9.81. The van der Waals surface area contributed by atoms with Gasteiger partial charge < -0.3 is 15.4 Å². The number of aryl methyl sites for hydroxylation is 1. The SMILES string of the molecule is COCC1CCN(c2cc(C)nc(N)n2)C1. The highest BCUT2D eigenvalue weighted by Crippen LogP contribution is 2.23. The first-order valence-electron chi connectivity index (χ1n) is 5.54. The second-order valence-corrected chi connectivity index (χ2v) is 4.28. The molecule has 1 atom stereocenters. The molecular weight excluding hydrogens is 204 g/mol. The van der Waals surface area contributed by atoms with Gasteiger partial charge in [0.1, 0.15) is 5.82 Å². The van der Waals surface area contributed by atoms with Gasteiger partial charge in [-0.3, -0.25) is 0 Å². The van der Waals surface area contributed by atoms with Crippen LogP contribution >= 0.6 is 0 Å². The Morgan fingerprint density at radius 2 is 2.38 bits per heavy atom. The van der Waals surface area contributed by atoms with E-state index in [1.165, 1.54) is 0 Å². The van der Waals surface area contributed by atoms with Crippen molar-refractivity contribution in [3.05, 3.63) is 11.8 Å². The Hall–Kier alpha value is -1.36. The third kappa shape index (κ3) is 2.41. The summed E-state index contributed by atoms with van der Waals surface area (Å²) in [6, 6.07) is 1.98. The number of anilines is 2. The highest BCUT2D eigenvalue weighted by atomic mass is 16.5. The highest BCUT2D eigenvalue weighted by molar-refractivity contribution is 5.44. The minimum Gasteiger partial charge on any atom is -0.384 e. The molecule has 1 aromatic heterocycles. The van der Waals surface area contributed by atoms with Crippen molar-refractivity contribution in [1.29, 1.82) is 0 Å². The minimum absolute atomic E-state index is 0.352. The van der Waals surface area contributed by atoms with E-state index in [0.717, 1.165) is 37.6 Å². The van der Waals surface area contributed by atoms with E-state index in [2.05, 4.69) is 14.9 Å². The summed E-state index contributed by atoms with van der Waals surface area (Å²) in [6.07, 6.45) is 1.15. The van der Waals surface area contributed by atoms with E-state index in [-0.39, 0.29) is 0 Å². The summed E-state index contributed by atoms with van der Waals surface area (Å²) in [4.78, 5) is 10.6. The Kier molecular flexibility index (Phi) is 3.24. The highest BCUT2D eigenvalue weighted by Gasteiger charge is 2.23. The van der Waals surface area contributed by atoms with Gasteiger partial charge in [0.15, 0.2) is 0 Å². The van der Waals surface area contributed by atoms with Gasteiger partial charge in [-0.25, -0.2) is 4.98 Å². The lowest BCUT2D eigenvalue weighted by molar-refractivity contribution is 0.161. The molecule has 5 heteroatoms. The molecule has 88 valence electrons. The number of hydrogen-bond acceptors (Lipinski definition) is 5. The van der Waals surface area contributed by atoms with Crippen molar-refractivity contribution in [2.24, 2.45) is 5.92 Å². The molecule has 0 radical (unpaired) electrons. The number of ether oxygens (including phenoxy) is 1. The van der Waals surface area contributed by atoms with Crippen LogP contribution in [0.3, 0.4) is 0 Å². The summed E-state index contributed by atoms with van der Waals surface area (Å²) in [5.41, 5.74) is 6.56. The molecule has 2 N–H and O–H groups in total. The average molecular weight is 222 g/mol. The lowest BCUT2D eigenvalue weighted by Crippen LogP contribution is -2.22. The lowest BCUT2D eigenvalue weighted by Gasteiger charge is -2.17. The Balaban J connectivity index is 2.08. The molecule has 1 fully saturated rings. The van der Waals surface area contributed by atoms with E-state index in [0.29, 0.717) is 11.9 Å². The maximum Gasteiger partial charge on any atom is 0.222 e. The smallest absolute Gasteiger partial charge is 0.222 e. The van der Waals surface area contributed by atoms with Crippen molar-refractivity contribution >= 4 is 11.8 Å². The number of nitrogens with zero attached hydrogens (tertiary/aromatic N) is 3. The molecule has 0 aromatic carbocycles. The van der Waals surface area contributed by atoms with Gasteiger partial charge in [-0.15, -0.1) is 0 Å². The van der Waals surface area contributed by atoms with Crippen LogP contribution in [0, 0.1) is 12.8 Å². The van der Waals surface area contributed by atoms with Crippen LogP contribution < -0.4 is 10.6 Å². The van der Waals surface area contributed by atoms with Gasteiger partial charge >= 0.3 is 0 Å². The number of nitrogens with two attached hydrogens (primary N) is 1. The summed E-state index contributed by atoms with van der Waals surface area (Å²) >= 11 is 0. The summed E-state index contributed by atoms with van der Waals surface area (Å²) in [5, 5.41) is 0.